The minimum Gasteiger partial charge on any atom is -0.348 e. The van der Waals surface area contributed by atoms with E-state index >= 15 is 0 Å². The van der Waals surface area contributed by atoms with Crippen LogP contribution >= 0.6 is 11.8 Å². The predicted octanol–water partition coefficient (Wildman–Crippen LogP) is 2.61. The molecule has 3 nitrogen and oxygen atoms in total. The first-order valence-electron chi connectivity index (χ1n) is 7.10. The van der Waals surface area contributed by atoms with E-state index in [4.69, 9.17) is 5.73 Å². The van der Waals surface area contributed by atoms with Crippen molar-refractivity contribution in [1.82, 2.24) is 5.32 Å². The van der Waals surface area contributed by atoms with Crippen LogP contribution in [0.2, 0.25) is 0 Å². The Labute approximate surface area is 125 Å². The molecule has 1 aromatic rings. The largest absolute Gasteiger partial charge is 0.348 e. The average molecular weight is 292 g/mol. The van der Waals surface area contributed by atoms with Crippen LogP contribution in [0.5, 0.6) is 0 Å². The number of amides is 1. The highest BCUT2D eigenvalue weighted by Crippen LogP contribution is 2.44. The minimum atomic E-state index is -0.404. The van der Waals surface area contributed by atoms with Crippen molar-refractivity contribution in [3.63, 3.8) is 0 Å². The lowest BCUT2D eigenvalue weighted by molar-refractivity contribution is -0.123. The normalized spacial score (nSPS) is 21.3. The molecule has 0 aliphatic heterocycles. The second kappa shape index (κ2) is 6.19. The number of fused-ring (bicyclic) bond motifs is 1. The monoisotopic (exact) mass is 292 g/mol. The first-order chi connectivity index (χ1) is 9.45. The fourth-order valence-corrected chi connectivity index (χ4v) is 3.42. The van der Waals surface area contributed by atoms with E-state index in [1.807, 2.05) is 12.3 Å². The van der Waals surface area contributed by atoms with E-state index < -0.39 is 6.04 Å². The molecule has 0 spiro atoms. The number of thioether (sulfide) groups is 1. The SMILES string of the molecule is CSCCC(N)C(=O)NC1CC(C)(C)c2ccccc21. The molecule has 3 N–H and O–H groups in total. The zero-order chi connectivity index (χ0) is 14.8. The number of hydrogen-bond donors (Lipinski definition) is 2. The summed E-state index contributed by atoms with van der Waals surface area (Å²) in [6, 6.07) is 8.06. The lowest BCUT2D eigenvalue weighted by Crippen LogP contribution is -2.42. The summed E-state index contributed by atoms with van der Waals surface area (Å²) >= 11 is 1.72. The van der Waals surface area contributed by atoms with Crippen LogP contribution in [0.4, 0.5) is 0 Å². The van der Waals surface area contributed by atoms with E-state index in [1.165, 1.54) is 11.1 Å². The van der Waals surface area contributed by atoms with Gasteiger partial charge in [-0.05, 0) is 41.4 Å². The van der Waals surface area contributed by atoms with Gasteiger partial charge in [-0.1, -0.05) is 38.1 Å². The standard InChI is InChI=1S/C16H24N2OS/c1-16(2)10-14(11-6-4-5-7-12(11)16)18-15(19)13(17)8-9-20-3/h4-7,13-14H,8-10,17H2,1-3H3,(H,18,19). The number of nitrogens with one attached hydrogen (secondary N) is 1. The molecule has 1 aliphatic carbocycles. The molecule has 2 atom stereocenters. The Morgan fingerprint density at radius 3 is 2.90 bits per heavy atom. The molecule has 0 heterocycles. The van der Waals surface area contributed by atoms with Crippen molar-refractivity contribution in [3.05, 3.63) is 35.4 Å². The Morgan fingerprint density at radius 2 is 2.20 bits per heavy atom. The highest BCUT2D eigenvalue weighted by molar-refractivity contribution is 7.98. The molecule has 1 amide bonds. The molecule has 0 saturated carbocycles. The van der Waals surface area contributed by atoms with Gasteiger partial charge >= 0.3 is 0 Å². The van der Waals surface area contributed by atoms with Crippen molar-refractivity contribution >= 4 is 17.7 Å². The molecule has 0 radical (unpaired) electrons. The maximum Gasteiger partial charge on any atom is 0.237 e. The van der Waals surface area contributed by atoms with Crippen molar-refractivity contribution in [3.8, 4) is 0 Å². The number of nitrogens with two attached hydrogens (primary N) is 1. The van der Waals surface area contributed by atoms with Gasteiger partial charge in [0.15, 0.2) is 0 Å². The van der Waals surface area contributed by atoms with Gasteiger partial charge in [0.25, 0.3) is 0 Å². The number of hydrogen-bond acceptors (Lipinski definition) is 3. The molecular formula is C16H24N2OS. The summed E-state index contributed by atoms with van der Waals surface area (Å²) < 4.78 is 0. The summed E-state index contributed by atoms with van der Waals surface area (Å²) in [5.41, 5.74) is 8.63. The third-order valence-electron chi connectivity index (χ3n) is 4.07. The summed E-state index contributed by atoms with van der Waals surface area (Å²) in [4.78, 5) is 12.2. The lowest BCUT2D eigenvalue weighted by Gasteiger charge is -2.20. The molecule has 0 saturated heterocycles. The van der Waals surface area contributed by atoms with Gasteiger partial charge in [0, 0.05) is 0 Å². The molecular weight excluding hydrogens is 268 g/mol. The molecule has 4 heteroatoms. The smallest absolute Gasteiger partial charge is 0.237 e. The Hall–Kier alpha value is -1.00. The van der Waals surface area contributed by atoms with Crippen molar-refractivity contribution in [2.75, 3.05) is 12.0 Å². The molecule has 1 aromatic carbocycles. The van der Waals surface area contributed by atoms with Gasteiger partial charge in [0.1, 0.15) is 0 Å². The van der Waals surface area contributed by atoms with Gasteiger partial charge in [-0.2, -0.15) is 11.8 Å². The Bertz CT molecular complexity index is 487. The zero-order valence-electron chi connectivity index (χ0n) is 12.5. The van der Waals surface area contributed by atoms with Crippen molar-refractivity contribution < 1.29 is 4.79 Å². The van der Waals surface area contributed by atoms with Crippen LogP contribution in [-0.2, 0) is 10.2 Å². The average Bonchev–Trinajstić information content (AvgIpc) is 2.68. The maximum atomic E-state index is 12.2. The van der Waals surface area contributed by atoms with Gasteiger partial charge in [-0.3, -0.25) is 4.79 Å². The van der Waals surface area contributed by atoms with E-state index in [2.05, 4.69) is 37.4 Å². The minimum absolute atomic E-state index is 0.0310. The summed E-state index contributed by atoms with van der Waals surface area (Å²) in [7, 11) is 0. The van der Waals surface area contributed by atoms with Crippen LogP contribution in [0.1, 0.15) is 43.9 Å². The molecule has 110 valence electrons. The van der Waals surface area contributed by atoms with Crippen molar-refractivity contribution in [1.29, 1.82) is 0 Å². The molecule has 20 heavy (non-hydrogen) atoms. The van der Waals surface area contributed by atoms with Crippen LogP contribution in [0.3, 0.4) is 0 Å². The van der Waals surface area contributed by atoms with Crippen molar-refractivity contribution in [2.24, 2.45) is 5.73 Å². The third-order valence-corrected chi connectivity index (χ3v) is 4.71. The molecule has 0 aromatic heterocycles. The lowest BCUT2D eigenvalue weighted by atomic mass is 9.86. The molecule has 2 unspecified atom stereocenters. The van der Waals surface area contributed by atoms with Crippen molar-refractivity contribution in [2.45, 2.75) is 44.2 Å². The Balaban J connectivity index is 2.07. The summed E-state index contributed by atoms with van der Waals surface area (Å²) in [5, 5.41) is 3.13. The fraction of sp³-hybridized carbons (Fsp3) is 0.562. The summed E-state index contributed by atoms with van der Waals surface area (Å²) in [6.45, 7) is 4.46. The number of rotatable bonds is 5. The number of carbonyl (C=O) groups is 1. The second-order valence-corrected chi connectivity index (χ2v) is 7.11. The van der Waals surface area contributed by atoms with Crippen LogP contribution in [0, 0.1) is 0 Å². The first kappa shape index (κ1) is 15.4. The maximum absolute atomic E-state index is 12.2. The molecule has 2 rings (SSSR count). The molecule has 1 aliphatic rings. The van der Waals surface area contributed by atoms with Crippen LogP contribution in [0.25, 0.3) is 0 Å². The predicted molar refractivity (Wildman–Crippen MR) is 85.9 cm³/mol. The highest BCUT2D eigenvalue weighted by Gasteiger charge is 2.37. The van der Waals surface area contributed by atoms with E-state index in [9.17, 15) is 4.79 Å². The fourth-order valence-electron chi connectivity index (χ4n) is 2.93. The van der Waals surface area contributed by atoms with Gasteiger partial charge in [-0.15, -0.1) is 0 Å². The van der Waals surface area contributed by atoms with E-state index in [0.717, 1.165) is 18.6 Å². The molecule has 0 fully saturated rings. The van der Waals surface area contributed by atoms with E-state index in [1.54, 1.807) is 11.8 Å². The quantitative estimate of drug-likeness (QED) is 0.877. The van der Waals surface area contributed by atoms with Crippen LogP contribution < -0.4 is 11.1 Å². The van der Waals surface area contributed by atoms with Gasteiger partial charge in [-0.25, -0.2) is 0 Å². The van der Waals surface area contributed by atoms with Gasteiger partial charge in [0.05, 0.1) is 12.1 Å². The topological polar surface area (TPSA) is 55.1 Å². The Morgan fingerprint density at radius 1 is 1.50 bits per heavy atom. The number of benzene rings is 1. The zero-order valence-corrected chi connectivity index (χ0v) is 13.3. The second-order valence-electron chi connectivity index (χ2n) is 6.12. The third kappa shape index (κ3) is 3.18. The van der Waals surface area contributed by atoms with Crippen LogP contribution in [0.15, 0.2) is 24.3 Å². The van der Waals surface area contributed by atoms with E-state index in [0.29, 0.717) is 0 Å². The summed E-state index contributed by atoms with van der Waals surface area (Å²) in [6.07, 6.45) is 3.69. The first-order valence-corrected chi connectivity index (χ1v) is 8.49. The van der Waals surface area contributed by atoms with E-state index in [-0.39, 0.29) is 17.4 Å². The molecule has 0 bridgehead atoms. The van der Waals surface area contributed by atoms with Crippen LogP contribution in [-0.4, -0.2) is 24.0 Å². The Kier molecular flexibility index (Phi) is 4.76. The highest BCUT2D eigenvalue weighted by atomic mass is 32.2. The number of carbonyl (C=O) groups excluding carboxylic acids is 1. The summed E-state index contributed by atoms with van der Waals surface area (Å²) in [5.74, 6) is 0.887. The van der Waals surface area contributed by atoms with Gasteiger partial charge in [0.2, 0.25) is 5.91 Å². The van der Waals surface area contributed by atoms with Gasteiger partial charge < -0.3 is 11.1 Å².